The van der Waals surface area contributed by atoms with Gasteiger partial charge in [-0.1, -0.05) is 61.3 Å². The third-order valence-corrected chi connectivity index (χ3v) is 7.00. The molecule has 2 N–H and O–H groups in total. The van der Waals surface area contributed by atoms with E-state index in [9.17, 15) is 9.59 Å². The molecule has 1 aliphatic carbocycles. The Hall–Kier alpha value is -2.24. The Labute approximate surface area is 180 Å². The summed E-state index contributed by atoms with van der Waals surface area (Å²) < 4.78 is 0. The molecule has 29 heavy (non-hydrogen) atoms. The fourth-order valence-electron chi connectivity index (χ4n) is 3.82. The summed E-state index contributed by atoms with van der Waals surface area (Å²) in [6.45, 7) is 2.20. The lowest BCUT2D eigenvalue weighted by molar-refractivity contribution is -0.112. The van der Waals surface area contributed by atoms with Gasteiger partial charge in [0.15, 0.2) is 0 Å². The van der Waals surface area contributed by atoms with E-state index in [0.29, 0.717) is 27.1 Å². The van der Waals surface area contributed by atoms with Crippen molar-refractivity contribution in [1.29, 1.82) is 0 Å². The number of carbonyl (C=O) groups is 2. The van der Waals surface area contributed by atoms with Crippen LogP contribution < -0.4 is 10.6 Å². The summed E-state index contributed by atoms with van der Waals surface area (Å²) in [7, 11) is 0. The highest BCUT2D eigenvalue weighted by atomic mass is 35.5. The van der Waals surface area contributed by atoms with Crippen LogP contribution in [0.15, 0.2) is 52.3 Å². The van der Waals surface area contributed by atoms with Gasteiger partial charge in [0.1, 0.15) is 0 Å². The third-order valence-electron chi connectivity index (χ3n) is 5.55. The molecule has 2 atom stereocenters. The van der Waals surface area contributed by atoms with Gasteiger partial charge >= 0.3 is 0 Å². The van der Waals surface area contributed by atoms with Gasteiger partial charge in [-0.25, -0.2) is 0 Å². The zero-order valence-electron chi connectivity index (χ0n) is 16.2. The third kappa shape index (κ3) is 4.51. The van der Waals surface area contributed by atoms with Crippen LogP contribution in [0.4, 0.5) is 5.69 Å². The number of thioether (sulfide) groups is 1. The van der Waals surface area contributed by atoms with E-state index in [1.165, 1.54) is 18.2 Å². The molecule has 1 saturated carbocycles. The van der Waals surface area contributed by atoms with E-state index in [0.717, 1.165) is 29.7 Å². The predicted molar refractivity (Wildman–Crippen MR) is 119 cm³/mol. The average Bonchev–Trinajstić information content (AvgIpc) is 2.71. The standard InChI is InChI=1S/C23H23ClN2O2S/c1-14-6-2-5-9-18(14)25-22(27)16-10-11-20-19(12-16)26-23(28)21(29-20)13-15-7-3-4-8-17(15)24/h3-4,7-8,10-14,18H,2,5-6,9H2,1H3,(H,25,27)(H,26,28)/b21-13+/t14-,18-/m1/s1. The number of anilines is 1. The van der Waals surface area contributed by atoms with Crippen molar-refractivity contribution in [2.45, 2.75) is 43.5 Å². The molecule has 0 saturated heterocycles. The maximum atomic E-state index is 12.7. The smallest absolute Gasteiger partial charge is 0.262 e. The molecule has 2 amide bonds. The van der Waals surface area contributed by atoms with E-state index in [1.54, 1.807) is 18.2 Å². The van der Waals surface area contributed by atoms with Crippen molar-refractivity contribution in [3.8, 4) is 0 Å². The van der Waals surface area contributed by atoms with Crippen molar-refractivity contribution < 1.29 is 9.59 Å². The molecule has 150 valence electrons. The van der Waals surface area contributed by atoms with Crippen LogP contribution >= 0.6 is 23.4 Å². The van der Waals surface area contributed by atoms with Gasteiger partial charge in [-0.15, -0.1) is 0 Å². The van der Waals surface area contributed by atoms with Crippen molar-refractivity contribution >= 4 is 46.9 Å². The monoisotopic (exact) mass is 426 g/mol. The van der Waals surface area contributed by atoms with Gasteiger partial charge in [0.05, 0.1) is 10.6 Å². The summed E-state index contributed by atoms with van der Waals surface area (Å²) in [5, 5.41) is 6.67. The van der Waals surface area contributed by atoms with E-state index in [2.05, 4.69) is 17.6 Å². The van der Waals surface area contributed by atoms with Crippen LogP contribution in [0.25, 0.3) is 6.08 Å². The first-order valence-electron chi connectivity index (χ1n) is 9.91. The maximum Gasteiger partial charge on any atom is 0.262 e. The maximum absolute atomic E-state index is 12.7. The second-order valence-corrected chi connectivity index (χ2v) is 9.13. The number of hydrogen-bond donors (Lipinski definition) is 2. The van der Waals surface area contributed by atoms with Crippen LogP contribution in [0.3, 0.4) is 0 Å². The Morgan fingerprint density at radius 2 is 2.00 bits per heavy atom. The lowest BCUT2D eigenvalue weighted by atomic mass is 9.86. The molecule has 1 heterocycles. The zero-order chi connectivity index (χ0) is 20.4. The van der Waals surface area contributed by atoms with Gasteiger partial charge in [-0.2, -0.15) is 0 Å². The molecule has 0 bridgehead atoms. The number of nitrogens with one attached hydrogen (secondary N) is 2. The molecule has 0 radical (unpaired) electrons. The number of amides is 2. The summed E-state index contributed by atoms with van der Waals surface area (Å²) >= 11 is 7.59. The summed E-state index contributed by atoms with van der Waals surface area (Å²) in [4.78, 5) is 26.8. The zero-order valence-corrected chi connectivity index (χ0v) is 17.8. The highest BCUT2D eigenvalue weighted by molar-refractivity contribution is 8.04. The Balaban J connectivity index is 1.52. The van der Waals surface area contributed by atoms with E-state index in [4.69, 9.17) is 11.6 Å². The Morgan fingerprint density at radius 3 is 2.79 bits per heavy atom. The molecule has 0 spiro atoms. The highest BCUT2D eigenvalue weighted by Crippen LogP contribution is 2.40. The number of carbonyl (C=O) groups excluding carboxylic acids is 2. The van der Waals surface area contributed by atoms with Crippen molar-refractivity contribution in [1.82, 2.24) is 5.32 Å². The Kier molecular flexibility index (Phi) is 5.97. The topological polar surface area (TPSA) is 58.2 Å². The fraction of sp³-hybridized carbons (Fsp3) is 0.304. The molecule has 1 fully saturated rings. The first-order chi connectivity index (χ1) is 14.0. The molecule has 2 aliphatic rings. The molecule has 6 heteroatoms. The van der Waals surface area contributed by atoms with Crippen LogP contribution in [0.1, 0.15) is 48.5 Å². The molecule has 4 nitrogen and oxygen atoms in total. The van der Waals surface area contributed by atoms with Crippen LogP contribution in [0.2, 0.25) is 5.02 Å². The Bertz CT molecular complexity index is 989. The van der Waals surface area contributed by atoms with Crippen LogP contribution in [0.5, 0.6) is 0 Å². The first kappa shape index (κ1) is 20.0. The van der Waals surface area contributed by atoms with Crippen molar-refractivity contribution in [3.63, 3.8) is 0 Å². The minimum atomic E-state index is -0.194. The lowest BCUT2D eigenvalue weighted by Gasteiger charge is -2.29. The summed E-state index contributed by atoms with van der Waals surface area (Å²) in [5.74, 6) is 0.224. The SMILES string of the molecule is C[C@@H]1CCCC[C@H]1NC(=O)c1ccc2c(c1)NC(=O)/C(=C\c1ccccc1Cl)S2. The molecule has 0 unspecified atom stereocenters. The van der Waals surface area contributed by atoms with E-state index >= 15 is 0 Å². The minimum Gasteiger partial charge on any atom is -0.349 e. The fourth-order valence-corrected chi connectivity index (χ4v) is 4.93. The second-order valence-electron chi connectivity index (χ2n) is 7.64. The number of hydrogen-bond acceptors (Lipinski definition) is 3. The Morgan fingerprint density at radius 1 is 1.21 bits per heavy atom. The molecule has 1 aliphatic heterocycles. The summed E-state index contributed by atoms with van der Waals surface area (Å²) in [6.07, 6.45) is 6.37. The van der Waals surface area contributed by atoms with Crippen LogP contribution in [0, 0.1) is 5.92 Å². The van der Waals surface area contributed by atoms with E-state index < -0.39 is 0 Å². The van der Waals surface area contributed by atoms with Gasteiger partial charge in [0, 0.05) is 21.5 Å². The minimum absolute atomic E-state index is 0.0804. The quantitative estimate of drug-likeness (QED) is 0.616. The van der Waals surface area contributed by atoms with Gasteiger partial charge < -0.3 is 10.6 Å². The summed E-state index contributed by atoms with van der Waals surface area (Å²) in [6, 6.07) is 13.1. The van der Waals surface area contributed by atoms with Crippen LogP contribution in [-0.4, -0.2) is 17.9 Å². The van der Waals surface area contributed by atoms with Crippen molar-refractivity contribution in [2.24, 2.45) is 5.92 Å². The van der Waals surface area contributed by atoms with Gasteiger partial charge in [0.2, 0.25) is 0 Å². The number of fused-ring (bicyclic) bond motifs is 1. The second kappa shape index (κ2) is 8.64. The van der Waals surface area contributed by atoms with Crippen molar-refractivity contribution in [2.75, 3.05) is 5.32 Å². The lowest BCUT2D eigenvalue weighted by Crippen LogP contribution is -2.41. The first-order valence-corrected chi connectivity index (χ1v) is 11.1. The molecule has 0 aromatic heterocycles. The highest BCUT2D eigenvalue weighted by Gasteiger charge is 2.25. The number of halogens is 1. The van der Waals surface area contributed by atoms with E-state index in [1.807, 2.05) is 30.3 Å². The largest absolute Gasteiger partial charge is 0.349 e. The van der Waals surface area contributed by atoms with Crippen LogP contribution in [-0.2, 0) is 4.79 Å². The number of rotatable bonds is 3. The normalized spacial score (nSPS) is 22.7. The number of benzene rings is 2. The van der Waals surface area contributed by atoms with E-state index in [-0.39, 0.29) is 17.9 Å². The molecule has 2 aromatic carbocycles. The predicted octanol–water partition coefficient (Wildman–Crippen LogP) is 5.73. The summed E-state index contributed by atoms with van der Waals surface area (Å²) in [5.41, 5.74) is 2.04. The van der Waals surface area contributed by atoms with Crippen molar-refractivity contribution in [3.05, 3.63) is 63.5 Å². The molecule has 2 aromatic rings. The molecular weight excluding hydrogens is 404 g/mol. The molecular formula is C23H23ClN2O2S. The van der Waals surface area contributed by atoms with Gasteiger partial charge in [0.25, 0.3) is 11.8 Å². The molecule has 4 rings (SSSR count). The average molecular weight is 427 g/mol. The van der Waals surface area contributed by atoms with Gasteiger partial charge in [-0.05, 0) is 54.7 Å². The van der Waals surface area contributed by atoms with Gasteiger partial charge in [-0.3, -0.25) is 9.59 Å².